The molecule has 1 aromatic rings. The summed E-state index contributed by atoms with van der Waals surface area (Å²) in [7, 11) is -2.57. The Labute approximate surface area is 97.4 Å². The molecule has 0 amide bonds. The Morgan fingerprint density at radius 1 is 1.25 bits per heavy atom. The van der Waals surface area contributed by atoms with Gasteiger partial charge in [0.05, 0.1) is 0 Å². The maximum absolute atomic E-state index is 10.7. The molecule has 0 aliphatic rings. The van der Waals surface area contributed by atoms with Crippen molar-refractivity contribution in [3.05, 3.63) is 29.3 Å². The van der Waals surface area contributed by atoms with Gasteiger partial charge in [0.25, 0.3) is 0 Å². The summed E-state index contributed by atoms with van der Waals surface area (Å²) in [5.41, 5.74) is 2.28. The van der Waals surface area contributed by atoms with Crippen molar-refractivity contribution in [3.63, 3.8) is 0 Å². The summed E-state index contributed by atoms with van der Waals surface area (Å²) in [6, 6.07) is 5.82. The van der Waals surface area contributed by atoms with Crippen LogP contribution in [0.15, 0.2) is 18.2 Å². The SMILES string of the molecule is CCCc1ccc(O[P+](=O)O)c(CCC)c1. The molecule has 0 aliphatic heterocycles. The van der Waals surface area contributed by atoms with Gasteiger partial charge >= 0.3 is 8.25 Å². The first-order valence-electron chi connectivity index (χ1n) is 5.63. The van der Waals surface area contributed by atoms with Crippen LogP contribution in [-0.4, -0.2) is 4.89 Å². The molecule has 88 valence electrons. The van der Waals surface area contributed by atoms with Gasteiger partial charge in [0.1, 0.15) is 0 Å². The van der Waals surface area contributed by atoms with Crippen molar-refractivity contribution >= 4 is 8.25 Å². The highest BCUT2D eigenvalue weighted by Gasteiger charge is 2.17. The van der Waals surface area contributed by atoms with E-state index in [1.165, 1.54) is 5.56 Å². The number of hydrogen-bond donors (Lipinski definition) is 1. The summed E-state index contributed by atoms with van der Waals surface area (Å²) >= 11 is 0. The minimum Gasteiger partial charge on any atom is -0.229 e. The molecule has 16 heavy (non-hydrogen) atoms. The van der Waals surface area contributed by atoms with Gasteiger partial charge in [0, 0.05) is 10.1 Å². The predicted molar refractivity (Wildman–Crippen MR) is 64.9 cm³/mol. The smallest absolute Gasteiger partial charge is 0.229 e. The van der Waals surface area contributed by atoms with Crippen LogP contribution in [-0.2, 0) is 17.4 Å². The van der Waals surface area contributed by atoms with Crippen molar-refractivity contribution in [2.24, 2.45) is 0 Å². The van der Waals surface area contributed by atoms with Crippen LogP contribution in [0, 0.1) is 0 Å². The zero-order valence-electron chi connectivity index (χ0n) is 9.77. The summed E-state index contributed by atoms with van der Waals surface area (Å²) in [6.45, 7) is 4.21. The minimum absolute atomic E-state index is 0.533. The van der Waals surface area contributed by atoms with Crippen LogP contribution in [0.4, 0.5) is 0 Å². The van der Waals surface area contributed by atoms with E-state index in [1.54, 1.807) is 6.07 Å². The molecule has 0 fully saturated rings. The molecule has 0 spiro atoms. The molecule has 1 aromatic carbocycles. The van der Waals surface area contributed by atoms with E-state index in [9.17, 15) is 4.57 Å². The van der Waals surface area contributed by atoms with Crippen molar-refractivity contribution in [1.29, 1.82) is 0 Å². The van der Waals surface area contributed by atoms with Gasteiger partial charge in [-0.2, -0.15) is 0 Å². The van der Waals surface area contributed by atoms with E-state index in [1.807, 2.05) is 6.07 Å². The van der Waals surface area contributed by atoms with E-state index in [2.05, 4.69) is 19.9 Å². The number of aryl methyl sites for hydroxylation is 2. The third kappa shape index (κ3) is 3.92. The summed E-state index contributed by atoms with van der Waals surface area (Å²) in [5.74, 6) is 0.533. The fourth-order valence-electron chi connectivity index (χ4n) is 1.71. The molecule has 1 rings (SSSR count). The Morgan fingerprint density at radius 3 is 2.50 bits per heavy atom. The Hall–Kier alpha value is -0.920. The van der Waals surface area contributed by atoms with E-state index >= 15 is 0 Å². The first kappa shape index (κ1) is 13.1. The zero-order chi connectivity index (χ0) is 12.0. The van der Waals surface area contributed by atoms with Crippen LogP contribution >= 0.6 is 8.25 Å². The molecule has 0 bridgehead atoms. The largest absolute Gasteiger partial charge is 0.747 e. The van der Waals surface area contributed by atoms with Crippen LogP contribution in [0.1, 0.15) is 37.8 Å². The average molecular weight is 241 g/mol. The van der Waals surface area contributed by atoms with Gasteiger partial charge in [-0.1, -0.05) is 38.8 Å². The Kier molecular flexibility index (Phi) is 5.44. The molecule has 0 aromatic heterocycles. The van der Waals surface area contributed by atoms with Crippen molar-refractivity contribution in [2.45, 2.75) is 39.5 Å². The third-order valence-electron chi connectivity index (χ3n) is 2.36. The lowest BCUT2D eigenvalue weighted by molar-refractivity contribution is 0.408. The zero-order valence-corrected chi connectivity index (χ0v) is 10.7. The van der Waals surface area contributed by atoms with E-state index in [4.69, 9.17) is 9.42 Å². The highest BCUT2D eigenvalue weighted by Crippen LogP contribution is 2.29. The van der Waals surface area contributed by atoms with Crippen LogP contribution in [0.3, 0.4) is 0 Å². The van der Waals surface area contributed by atoms with Crippen molar-refractivity contribution in [2.75, 3.05) is 0 Å². The van der Waals surface area contributed by atoms with Gasteiger partial charge in [-0.3, -0.25) is 0 Å². The second-order valence-corrected chi connectivity index (χ2v) is 4.43. The lowest BCUT2D eigenvalue weighted by atomic mass is 10.0. The molecule has 0 saturated heterocycles. The first-order valence-corrected chi connectivity index (χ1v) is 6.76. The molecule has 4 heteroatoms. The van der Waals surface area contributed by atoms with Gasteiger partial charge < -0.3 is 0 Å². The van der Waals surface area contributed by atoms with E-state index in [0.29, 0.717) is 5.75 Å². The maximum atomic E-state index is 10.7. The van der Waals surface area contributed by atoms with Crippen LogP contribution in [0.25, 0.3) is 0 Å². The normalized spacial score (nSPS) is 11.3. The lowest BCUT2D eigenvalue weighted by Crippen LogP contribution is -1.93. The van der Waals surface area contributed by atoms with Gasteiger partial charge in [-0.05, 0) is 24.5 Å². The summed E-state index contributed by atoms with van der Waals surface area (Å²) in [6.07, 6.45) is 3.99. The molecule has 0 saturated carbocycles. The van der Waals surface area contributed by atoms with Crippen LogP contribution < -0.4 is 4.52 Å². The molecule has 1 unspecified atom stereocenters. The highest BCUT2D eigenvalue weighted by molar-refractivity contribution is 7.32. The molecule has 0 radical (unpaired) electrons. The van der Waals surface area contributed by atoms with Crippen molar-refractivity contribution in [1.82, 2.24) is 0 Å². The molecule has 1 N–H and O–H groups in total. The van der Waals surface area contributed by atoms with Crippen molar-refractivity contribution < 1.29 is 14.0 Å². The number of benzene rings is 1. The van der Waals surface area contributed by atoms with Crippen molar-refractivity contribution in [3.8, 4) is 5.75 Å². The molecule has 0 aliphatic carbocycles. The first-order chi connectivity index (χ1) is 7.67. The van der Waals surface area contributed by atoms with Crippen LogP contribution in [0.5, 0.6) is 5.75 Å². The minimum atomic E-state index is -2.57. The maximum Gasteiger partial charge on any atom is 0.747 e. The highest BCUT2D eigenvalue weighted by atomic mass is 31.1. The Bertz CT molecular complexity index is 363. The summed E-state index contributed by atoms with van der Waals surface area (Å²) in [5, 5.41) is 0. The van der Waals surface area contributed by atoms with Gasteiger partial charge in [0.2, 0.25) is 0 Å². The fraction of sp³-hybridized carbons (Fsp3) is 0.500. The lowest BCUT2D eigenvalue weighted by Gasteiger charge is -2.05. The van der Waals surface area contributed by atoms with Crippen LogP contribution in [0.2, 0.25) is 0 Å². The predicted octanol–water partition coefficient (Wildman–Crippen LogP) is 3.62. The average Bonchev–Trinajstić information content (AvgIpc) is 2.22. The number of hydrogen-bond acceptors (Lipinski definition) is 2. The summed E-state index contributed by atoms with van der Waals surface area (Å²) in [4.78, 5) is 8.76. The Morgan fingerprint density at radius 2 is 1.94 bits per heavy atom. The molecular weight excluding hydrogens is 223 g/mol. The molecule has 1 atom stereocenters. The topological polar surface area (TPSA) is 46.5 Å². The third-order valence-corrected chi connectivity index (χ3v) is 2.71. The number of rotatable bonds is 6. The molecule has 0 heterocycles. The van der Waals surface area contributed by atoms with E-state index in [0.717, 1.165) is 31.2 Å². The van der Waals surface area contributed by atoms with Gasteiger partial charge in [-0.15, -0.1) is 4.89 Å². The summed E-state index contributed by atoms with van der Waals surface area (Å²) < 4.78 is 15.6. The fourth-order valence-corrected chi connectivity index (χ4v) is 2.06. The monoisotopic (exact) mass is 241 g/mol. The standard InChI is InChI=1S/C12H17O3P/c1-3-5-10-7-8-12(15-16(13)14)11(9-10)6-4-2/h7-9H,3-6H2,1-2H3/p+1. The molecule has 3 nitrogen and oxygen atoms in total. The van der Waals surface area contributed by atoms with Gasteiger partial charge in [0.15, 0.2) is 5.75 Å². The molecular formula is C12H18O3P+. The second kappa shape index (κ2) is 6.62. The quantitative estimate of drug-likeness (QED) is 0.774. The van der Waals surface area contributed by atoms with Gasteiger partial charge in [-0.25, -0.2) is 4.52 Å². The van der Waals surface area contributed by atoms with E-state index in [-0.39, 0.29) is 0 Å². The second-order valence-electron chi connectivity index (χ2n) is 3.77. The Balaban J connectivity index is 2.93. The van der Waals surface area contributed by atoms with E-state index < -0.39 is 8.25 Å².